The molecule has 0 spiro atoms. The van der Waals surface area contributed by atoms with E-state index in [1.807, 2.05) is 0 Å². The Morgan fingerprint density at radius 3 is 2.35 bits per heavy atom. The van der Waals surface area contributed by atoms with Gasteiger partial charge in [0.2, 0.25) is 0 Å². The Balaban J connectivity index is 1.88. The first-order valence-corrected chi connectivity index (χ1v) is 10.2. The van der Waals surface area contributed by atoms with Crippen LogP contribution in [0, 0.1) is 0 Å². The summed E-state index contributed by atoms with van der Waals surface area (Å²) in [5.41, 5.74) is 0.868. The lowest BCUT2D eigenvalue weighted by molar-refractivity contribution is -0.136. The number of aliphatic carboxylic acids is 1. The fraction of sp³-hybridized carbons (Fsp3) is 0.160. The first kappa shape index (κ1) is 22.7. The van der Waals surface area contributed by atoms with Gasteiger partial charge in [0.25, 0.3) is 11.7 Å². The van der Waals surface area contributed by atoms with Crippen LogP contribution in [0.25, 0.3) is 5.76 Å². The maximum Gasteiger partial charge on any atom is 0.307 e. The van der Waals surface area contributed by atoms with Crippen LogP contribution in [0.4, 0.5) is 5.69 Å². The number of rotatable bonds is 7. The lowest BCUT2D eigenvalue weighted by Crippen LogP contribution is -2.29. The number of benzene rings is 2. The van der Waals surface area contributed by atoms with Crippen molar-refractivity contribution in [2.24, 2.45) is 0 Å². The molecule has 4 rings (SSSR count). The van der Waals surface area contributed by atoms with E-state index in [1.54, 1.807) is 48.5 Å². The minimum absolute atomic E-state index is 0.174. The molecule has 1 saturated heterocycles. The average Bonchev–Trinajstić information content (AvgIpc) is 3.45. The van der Waals surface area contributed by atoms with Gasteiger partial charge in [-0.2, -0.15) is 0 Å². The molecular weight excluding hydrogens is 442 g/mol. The highest BCUT2D eigenvalue weighted by Crippen LogP contribution is 2.43. The van der Waals surface area contributed by atoms with E-state index in [2.05, 4.69) is 0 Å². The van der Waals surface area contributed by atoms with Crippen molar-refractivity contribution in [3.8, 4) is 11.5 Å². The molecule has 0 aliphatic carbocycles. The van der Waals surface area contributed by atoms with Crippen LogP contribution < -0.4 is 14.4 Å². The van der Waals surface area contributed by atoms with Gasteiger partial charge in [-0.1, -0.05) is 12.1 Å². The molecule has 1 aromatic heterocycles. The molecule has 1 atom stereocenters. The smallest absolute Gasteiger partial charge is 0.307 e. The predicted molar refractivity (Wildman–Crippen MR) is 121 cm³/mol. The summed E-state index contributed by atoms with van der Waals surface area (Å²) in [6.07, 6.45) is 1.22. The SMILES string of the molecule is COc1ccc(OC)c(/C(O)=C2/C(=O)C(=O)N(c3ccc(CC(=O)O)cc3)C2c2ccco2)c1. The predicted octanol–water partition coefficient (Wildman–Crippen LogP) is 3.55. The van der Waals surface area contributed by atoms with Gasteiger partial charge in [0.05, 0.1) is 38.0 Å². The maximum absolute atomic E-state index is 13.2. The molecule has 0 bridgehead atoms. The fourth-order valence-corrected chi connectivity index (χ4v) is 3.91. The monoisotopic (exact) mass is 463 g/mol. The molecule has 1 amide bonds. The number of furan rings is 1. The zero-order chi connectivity index (χ0) is 24.4. The maximum atomic E-state index is 13.2. The van der Waals surface area contributed by atoms with Crippen LogP contribution in [0.5, 0.6) is 11.5 Å². The van der Waals surface area contributed by atoms with Crippen molar-refractivity contribution in [2.75, 3.05) is 19.1 Å². The molecule has 1 unspecified atom stereocenters. The third kappa shape index (κ3) is 3.99. The Morgan fingerprint density at radius 2 is 1.76 bits per heavy atom. The van der Waals surface area contributed by atoms with Crippen LogP contribution in [0.1, 0.15) is 22.9 Å². The highest BCUT2D eigenvalue weighted by Gasteiger charge is 2.48. The van der Waals surface area contributed by atoms with Crippen LogP contribution in [-0.4, -0.2) is 42.1 Å². The fourth-order valence-electron chi connectivity index (χ4n) is 3.91. The molecule has 9 heteroatoms. The van der Waals surface area contributed by atoms with E-state index in [0.717, 1.165) is 0 Å². The number of nitrogens with zero attached hydrogens (tertiary/aromatic N) is 1. The summed E-state index contributed by atoms with van der Waals surface area (Å²) in [7, 11) is 2.88. The summed E-state index contributed by atoms with van der Waals surface area (Å²) in [5, 5.41) is 20.3. The van der Waals surface area contributed by atoms with Crippen LogP contribution in [0.3, 0.4) is 0 Å². The molecule has 1 aliphatic heterocycles. The molecule has 0 saturated carbocycles. The second-order valence-electron chi connectivity index (χ2n) is 7.49. The molecule has 2 aromatic carbocycles. The van der Waals surface area contributed by atoms with Crippen LogP contribution >= 0.6 is 0 Å². The molecule has 1 aliphatic rings. The van der Waals surface area contributed by atoms with Gasteiger partial charge in [0.15, 0.2) is 0 Å². The average molecular weight is 463 g/mol. The third-order valence-corrected chi connectivity index (χ3v) is 5.49. The van der Waals surface area contributed by atoms with Gasteiger partial charge in [-0.25, -0.2) is 0 Å². The van der Waals surface area contributed by atoms with Gasteiger partial charge in [-0.15, -0.1) is 0 Å². The number of ether oxygens (including phenoxy) is 2. The molecular formula is C25H21NO8. The van der Waals surface area contributed by atoms with Crippen molar-refractivity contribution in [1.82, 2.24) is 0 Å². The summed E-state index contributed by atoms with van der Waals surface area (Å²) in [5.74, 6) is -2.25. The number of ketones is 1. The zero-order valence-corrected chi connectivity index (χ0v) is 18.3. The second kappa shape index (κ2) is 9.14. The topological polar surface area (TPSA) is 127 Å². The Morgan fingerprint density at radius 1 is 1.03 bits per heavy atom. The molecule has 174 valence electrons. The second-order valence-corrected chi connectivity index (χ2v) is 7.49. The van der Waals surface area contributed by atoms with Crippen LogP contribution in [0.2, 0.25) is 0 Å². The Bertz CT molecular complexity index is 1270. The van der Waals surface area contributed by atoms with E-state index in [9.17, 15) is 19.5 Å². The quantitative estimate of drug-likeness (QED) is 0.309. The largest absolute Gasteiger partial charge is 0.507 e. The van der Waals surface area contributed by atoms with Crippen LogP contribution in [-0.2, 0) is 20.8 Å². The molecule has 0 radical (unpaired) electrons. The number of Topliss-reactive ketones (excluding diaryl/α,β-unsaturated/α-hetero) is 1. The van der Waals surface area contributed by atoms with Gasteiger partial charge >= 0.3 is 5.97 Å². The minimum Gasteiger partial charge on any atom is -0.507 e. The van der Waals surface area contributed by atoms with E-state index in [1.165, 1.54) is 31.4 Å². The van der Waals surface area contributed by atoms with Crippen molar-refractivity contribution >= 4 is 29.1 Å². The first-order valence-electron chi connectivity index (χ1n) is 10.2. The lowest BCUT2D eigenvalue weighted by Gasteiger charge is -2.23. The van der Waals surface area contributed by atoms with Gasteiger partial charge in [-0.05, 0) is 48.0 Å². The number of carboxylic acids is 1. The summed E-state index contributed by atoms with van der Waals surface area (Å²) < 4.78 is 16.1. The highest BCUT2D eigenvalue weighted by atomic mass is 16.5. The molecule has 3 aromatic rings. The molecule has 2 N–H and O–H groups in total. The Labute approximate surface area is 194 Å². The number of hydrogen-bond donors (Lipinski definition) is 2. The molecule has 34 heavy (non-hydrogen) atoms. The van der Waals surface area contributed by atoms with Crippen LogP contribution in [0.15, 0.2) is 70.9 Å². The number of anilines is 1. The van der Waals surface area contributed by atoms with E-state index in [0.29, 0.717) is 17.0 Å². The summed E-state index contributed by atoms with van der Waals surface area (Å²) in [4.78, 5) is 38.5. The molecule has 1 fully saturated rings. The summed E-state index contributed by atoms with van der Waals surface area (Å²) in [6, 6.07) is 13.1. The summed E-state index contributed by atoms with van der Waals surface area (Å²) >= 11 is 0. The summed E-state index contributed by atoms with van der Waals surface area (Å²) in [6.45, 7) is 0. The number of carbonyl (C=O) groups is 3. The zero-order valence-electron chi connectivity index (χ0n) is 18.3. The van der Waals surface area contributed by atoms with Gasteiger partial charge in [-0.3, -0.25) is 19.3 Å². The van der Waals surface area contributed by atoms with Gasteiger partial charge < -0.3 is 24.1 Å². The van der Waals surface area contributed by atoms with Crippen molar-refractivity contribution in [3.05, 3.63) is 83.3 Å². The number of carbonyl (C=O) groups excluding carboxylic acids is 2. The number of aliphatic hydroxyl groups excluding tert-OH is 1. The minimum atomic E-state index is -1.06. The van der Waals surface area contributed by atoms with E-state index in [-0.39, 0.29) is 29.1 Å². The number of hydrogen-bond acceptors (Lipinski definition) is 7. The normalized spacial score (nSPS) is 17.1. The van der Waals surface area contributed by atoms with E-state index in [4.69, 9.17) is 19.0 Å². The van der Waals surface area contributed by atoms with Crippen molar-refractivity contribution < 1.29 is 38.5 Å². The molecule has 2 heterocycles. The van der Waals surface area contributed by atoms with Gasteiger partial charge in [0.1, 0.15) is 29.1 Å². The first-order chi connectivity index (χ1) is 16.3. The third-order valence-electron chi connectivity index (χ3n) is 5.49. The Kier molecular flexibility index (Phi) is 6.09. The number of carboxylic acid groups (broad SMARTS) is 1. The number of aliphatic hydroxyl groups is 1. The van der Waals surface area contributed by atoms with Crippen molar-refractivity contribution in [2.45, 2.75) is 12.5 Å². The standard InChI is InChI=1S/C25H21NO8/c1-32-16-9-10-18(33-2)17(13-16)23(29)21-22(19-4-3-11-34-19)26(25(31)24(21)30)15-7-5-14(6-8-15)12-20(27)28/h3-11,13,22,29H,12H2,1-2H3,(H,27,28)/b23-21-. The van der Waals surface area contributed by atoms with Gasteiger partial charge in [0, 0.05) is 5.69 Å². The molecule has 9 nitrogen and oxygen atoms in total. The van der Waals surface area contributed by atoms with E-state index < -0.39 is 29.5 Å². The lowest BCUT2D eigenvalue weighted by atomic mass is 9.98. The number of amides is 1. The van der Waals surface area contributed by atoms with Crippen molar-refractivity contribution in [3.63, 3.8) is 0 Å². The number of methoxy groups -OCH3 is 2. The Hall–Kier alpha value is -4.53. The highest BCUT2D eigenvalue weighted by molar-refractivity contribution is 6.51. The van der Waals surface area contributed by atoms with Crippen molar-refractivity contribution in [1.29, 1.82) is 0 Å². The van der Waals surface area contributed by atoms with E-state index >= 15 is 0 Å².